The molecule has 34 heavy (non-hydrogen) atoms. The Labute approximate surface area is 199 Å². The van der Waals surface area contributed by atoms with Gasteiger partial charge in [-0.2, -0.15) is 5.10 Å². The molecular weight excluding hydrogens is 456 g/mol. The summed E-state index contributed by atoms with van der Waals surface area (Å²) in [6.45, 7) is 10.0. The second-order valence-electron chi connectivity index (χ2n) is 9.74. The van der Waals surface area contributed by atoms with Gasteiger partial charge < -0.3 is 14.6 Å². The highest BCUT2D eigenvalue weighted by molar-refractivity contribution is 7.91. The average molecular weight is 487 g/mol. The molecule has 1 saturated heterocycles. The van der Waals surface area contributed by atoms with Crippen molar-refractivity contribution in [3.63, 3.8) is 0 Å². The van der Waals surface area contributed by atoms with E-state index in [1.165, 1.54) is 0 Å². The van der Waals surface area contributed by atoms with Gasteiger partial charge in [0.15, 0.2) is 9.84 Å². The molecule has 2 aromatic heterocycles. The molecule has 10 heteroatoms. The summed E-state index contributed by atoms with van der Waals surface area (Å²) in [4.78, 5) is 13.1. The first-order chi connectivity index (χ1) is 15.9. The average Bonchev–Trinajstić information content (AvgIpc) is 3.43. The van der Waals surface area contributed by atoms with Crippen LogP contribution in [0.15, 0.2) is 34.9 Å². The number of carbonyl (C=O) groups is 1. The number of hydrogen-bond donors (Lipinski definition) is 1. The predicted molar refractivity (Wildman–Crippen MR) is 128 cm³/mol. The van der Waals surface area contributed by atoms with Gasteiger partial charge in [0.2, 0.25) is 0 Å². The fraction of sp³-hybridized carbons (Fsp3) is 0.458. The van der Waals surface area contributed by atoms with Crippen LogP contribution in [0.4, 0.5) is 5.82 Å². The third-order valence-electron chi connectivity index (χ3n) is 5.96. The molecule has 1 fully saturated rings. The molecule has 1 atom stereocenters. The van der Waals surface area contributed by atoms with E-state index in [1.54, 1.807) is 28.9 Å². The number of rotatable bonds is 6. The van der Waals surface area contributed by atoms with Gasteiger partial charge in [0.25, 0.3) is 5.91 Å². The number of anilines is 1. The summed E-state index contributed by atoms with van der Waals surface area (Å²) in [5, 5.41) is 11.5. The van der Waals surface area contributed by atoms with Gasteiger partial charge in [-0.15, -0.1) is 0 Å². The summed E-state index contributed by atoms with van der Waals surface area (Å²) in [5.74, 6) is 1.54. The SMILES string of the molecule is Cc1noc(C)c1COc1cccc(C(=O)Nc2cc(C(C)(C)C)nn2C2CCS(=O)(=O)C2)c1. The molecule has 1 unspecified atom stereocenters. The van der Waals surface area contributed by atoms with Crippen molar-refractivity contribution in [1.29, 1.82) is 0 Å². The van der Waals surface area contributed by atoms with Crippen molar-refractivity contribution < 1.29 is 22.5 Å². The Kier molecular flexibility index (Phi) is 6.28. The molecule has 0 aliphatic carbocycles. The zero-order chi connectivity index (χ0) is 24.7. The van der Waals surface area contributed by atoms with Crippen molar-refractivity contribution >= 4 is 21.6 Å². The maximum Gasteiger partial charge on any atom is 0.256 e. The molecule has 1 aromatic carbocycles. The molecule has 1 N–H and O–H groups in total. The van der Waals surface area contributed by atoms with E-state index in [0.29, 0.717) is 29.3 Å². The zero-order valence-electron chi connectivity index (χ0n) is 20.1. The number of ether oxygens (including phenoxy) is 1. The number of hydrogen-bond acceptors (Lipinski definition) is 7. The number of amides is 1. The van der Waals surface area contributed by atoms with E-state index in [9.17, 15) is 13.2 Å². The van der Waals surface area contributed by atoms with Crippen LogP contribution in [0.3, 0.4) is 0 Å². The molecule has 1 amide bonds. The number of carbonyl (C=O) groups excluding carboxylic acids is 1. The summed E-state index contributed by atoms with van der Waals surface area (Å²) >= 11 is 0. The van der Waals surface area contributed by atoms with E-state index in [4.69, 9.17) is 9.26 Å². The van der Waals surface area contributed by atoms with Crippen molar-refractivity contribution in [1.82, 2.24) is 14.9 Å². The molecule has 3 aromatic rings. The number of nitrogens with zero attached hydrogens (tertiary/aromatic N) is 3. The van der Waals surface area contributed by atoms with Crippen LogP contribution in [0.1, 0.15) is 66.3 Å². The van der Waals surface area contributed by atoms with Gasteiger partial charge in [0.05, 0.1) is 34.5 Å². The van der Waals surface area contributed by atoms with Crippen LogP contribution in [0.25, 0.3) is 0 Å². The molecule has 4 rings (SSSR count). The molecule has 0 spiro atoms. The molecule has 3 heterocycles. The standard InChI is InChI=1S/C24H30N4O5S/c1-15-20(16(2)33-27-15)13-32-19-8-6-7-17(11-19)23(29)25-22-12-21(24(3,4)5)26-28(22)18-9-10-34(30,31)14-18/h6-8,11-12,18H,9-10,13-14H2,1-5H3,(H,25,29). The monoisotopic (exact) mass is 486 g/mol. The van der Waals surface area contributed by atoms with Crippen LogP contribution in [0.5, 0.6) is 5.75 Å². The van der Waals surface area contributed by atoms with E-state index in [2.05, 4.69) is 15.6 Å². The lowest BCUT2D eigenvalue weighted by Crippen LogP contribution is -2.20. The first kappa shape index (κ1) is 24.0. The Morgan fingerprint density at radius 3 is 2.65 bits per heavy atom. The Morgan fingerprint density at radius 2 is 2.03 bits per heavy atom. The molecule has 0 radical (unpaired) electrons. The zero-order valence-corrected chi connectivity index (χ0v) is 20.9. The summed E-state index contributed by atoms with van der Waals surface area (Å²) < 4.78 is 36.8. The lowest BCUT2D eigenvalue weighted by molar-refractivity contribution is 0.102. The summed E-state index contributed by atoms with van der Waals surface area (Å²) in [6, 6.07) is 8.41. The Hall–Kier alpha value is -3.14. The number of aromatic nitrogens is 3. The van der Waals surface area contributed by atoms with E-state index < -0.39 is 9.84 Å². The second-order valence-corrected chi connectivity index (χ2v) is 12.0. The van der Waals surface area contributed by atoms with Gasteiger partial charge in [0.1, 0.15) is 23.9 Å². The van der Waals surface area contributed by atoms with Gasteiger partial charge in [0, 0.05) is 17.0 Å². The normalized spacial score (nSPS) is 17.6. The van der Waals surface area contributed by atoms with Crippen LogP contribution in [0, 0.1) is 13.8 Å². The van der Waals surface area contributed by atoms with Gasteiger partial charge in [-0.3, -0.25) is 4.79 Å². The molecule has 182 valence electrons. The first-order valence-corrected chi connectivity index (χ1v) is 13.0. The molecular formula is C24H30N4O5S. The Morgan fingerprint density at radius 1 is 1.26 bits per heavy atom. The van der Waals surface area contributed by atoms with E-state index in [-0.39, 0.29) is 35.5 Å². The minimum Gasteiger partial charge on any atom is -0.489 e. The van der Waals surface area contributed by atoms with Crippen molar-refractivity contribution in [2.45, 2.75) is 59.1 Å². The predicted octanol–water partition coefficient (Wildman–Crippen LogP) is 3.98. The maximum atomic E-state index is 13.1. The van der Waals surface area contributed by atoms with Crippen molar-refractivity contribution in [2.75, 3.05) is 16.8 Å². The molecule has 1 aliphatic rings. The lowest BCUT2D eigenvalue weighted by atomic mass is 9.92. The van der Waals surface area contributed by atoms with Crippen LogP contribution in [-0.2, 0) is 21.9 Å². The van der Waals surface area contributed by atoms with Crippen molar-refractivity contribution in [2.24, 2.45) is 0 Å². The van der Waals surface area contributed by atoms with Crippen LogP contribution >= 0.6 is 0 Å². The van der Waals surface area contributed by atoms with Crippen LogP contribution < -0.4 is 10.1 Å². The second kappa shape index (κ2) is 8.90. The van der Waals surface area contributed by atoms with Crippen molar-refractivity contribution in [3.05, 3.63) is 58.6 Å². The maximum absolute atomic E-state index is 13.1. The summed E-state index contributed by atoms with van der Waals surface area (Å²) in [5.41, 5.74) is 2.58. The number of benzene rings is 1. The fourth-order valence-electron chi connectivity index (χ4n) is 3.88. The largest absolute Gasteiger partial charge is 0.489 e. The third kappa shape index (κ3) is 5.16. The number of nitrogens with one attached hydrogen (secondary N) is 1. The summed E-state index contributed by atoms with van der Waals surface area (Å²) in [7, 11) is -3.11. The third-order valence-corrected chi connectivity index (χ3v) is 7.71. The highest BCUT2D eigenvalue weighted by Crippen LogP contribution is 2.31. The van der Waals surface area contributed by atoms with Crippen molar-refractivity contribution in [3.8, 4) is 5.75 Å². The quantitative estimate of drug-likeness (QED) is 0.560. The van der Waals surface area contributed by atoms with Gasteiger partial charge in [-0.1, -0.05) is 32.0 Å². The van der Waals surface area contributed by atoms with Gasteiger partial charge in [-0.05, 0) is 38.5 Å². The lowest BCUT2D eigenvalue weighted by Gasteiger charge is -2.15. The molecule has 1 aliphatic heterocycles. The molecule has 0 bridgehead atoms. The minimum atomic E-state index is -3.11. The van der Waals surface area contributed by atoms with Crippen LogP contribution in [0.2, 0.25) is 0 Å². The molecule has 0 saturated carbocycles. The van der Waals surface area contributed by atoms with Gasteiger partial charge >= 0.3 is 0 Å². The number of sulfone groups is 1. The summed E-state index contributed by atoms with van der Waals surface area (Å²) in [6.07, 6.45) is 0.474. The Bertz CT molecular complexity index is 1300. The topological polar surface area (TPSA) is 116 Å². The van der Waals surface area contributed by atoms with E-state index in [0.717, 1.165) is 17.0 Å². The Balaban J connectivity index is 1.54. The van der Waals surface area contributed by atoms with Gasteiger partial charge in [-0.25, -0.2) is 13.1 Å². The highest BCUT2D eigenvalue weighted by atomic mass is 32.2. The smallest absolute Gasteiger partial charge is 0.256 e. The van der Waals surface area contributed by atoms with E-state index >= 15 is 0 Å². The van der Waals surface area contributed by atoms with E-state index in [1.807, 2.05) is 40.7 Å². The minimum absolute atomic E-state index is 0.0200. The highest BCUT2D eigenvalue weighted by Gasteiger charge is 2.33. The first-order valence-electron chi connectivity index (χ1n) is 11.2. The van der Waals surface area contributed by atoms with Crippen LogP contribution in [-0.4, -0.2) is 40.8 Å². The molecule has 9 nitrogen and oxygen atoms in total. The number of aryl methyl sites for hydroxylation is 2. The fourth-order valence-corrected chi connectivity index (χ4v) is 5.57.